The van der Waals surface area contributed by atoms with Crippen LogP contribution in [-0.2, 0) is 9.84 Å². The minimum absolute atomic E-state index is 0.119. The van der Waals surface area contributed by atoms with Crippen LogP contribution in [-0.4, -0.2) is 56.6 Å². The van der Waals surface area contributed by atoms with Crippen LogP contribution in [0, 0.1) is 6.92 Å². The quantitative estimate of drug-likeness (QED) is 0.470. The first-order valence-corrected chi connectivity index (χ1v) is 13.1. The van der Waals surface area contributed by atoms with Gasteiger partial charge in [-0.2, -0.15) is 0 Å². The van der Waals surface area contributed by atoms with Crippen molar-refractivity contribution in [3.05, 3.63) is 52.5 Å². The molecular formula is C22H26ClN3O3S2. The number of benzene rings is 2. The summed E-state index contributed by atoms with van der Waals surface area (Å²) in [6.07, 6.45) is 1.13. The molecule has 6 nitrogen and oxygen atoms in total. The Morgan fingerprint density at radius 3 is 2.48 bits per heavy atom. The fraction of sp³-hybridized carbons (Fsp3) is 0.364. The topological polar surface area (TPSA) is 70.6 Å². The number of rotatable bonds is 8. The Hall–Kier alpha value is -2.00. The molecule has 9 heteroatoms. The predicted molar refractivity (Wildman–Crippen MR) is 128 cm³/mol. The first kappa shape index (κ1) is 23.7. The van der Waals surface area contributed by atoms with E-state index in [0.717, 1.165) is 35.1 Å². The molecule has 1 heterocycles. The fourth-order valence-corrected chi connectivity index (χ4v) is 5.15. The van der Waals surface area contributed by atoms with Crippen LogP contribution in [0.4, 0.5) is 5.13 Å². The summed E-state index contributed by atoms with van der Waals surface area (Å²) in [6, 6.07) is 9.89. The number of carbonyl (C=O) groups is 1. The Morgan fingerprint density at radius 1 is 1.13 bits per heavy atom. The molecule has 0 N–H and O–H groups in total. The number of halogens is 1. The number of likely N-dealkylation sites (N-methyl/N-ethyl adjacent to an activating group) is 1. The third-order valence-electron chi connectivity index (χ3n) is 5.26. The highest BCUT2D eigenvalue weighted by Gasteiger charge is 2.23. The molecule has 0 atom stereocenters. The molecule has 0 saturated carbocycles. The van der Waals surface area contributed by atoms with Gasteiger partial charge in [0.2, 0.25) is 0 Å². The summed E-state index contributed by atoms with van der Waals surface area (Å²) in [6.45, 7) is 8.93. The minimum Gasteiger partial charge on any atom is -0.302 e. The van der Waals surface area contributed by atoms with Crippen molar-refractivity contribution in [3.63, 3.8) is 0 Å². The molecule has 1 aromatic heterocycles. The predicted octanol–water partition coefficient (Wildman–Crippen LogP) is 4.65. The number of sulfone groups is 1. The average molecular weight is 480 g/mol. The number of aryl methyl sites for hydroxylation is 1. The second-order valence-corrected chi connectivity index (χ2v) is 10.7. The van der Waals surface area contributed by atoms with Crippen molar-refractivity contribution in [2.75, 3.05) is 37.3 Å². The third kappa shape index (κ3) is 5.26. The summed E-state index contributed by atoms with van der Waals surface area (Å²) in [5, 5.41) is 1.20. The van der Waals surface area contributed by atoms with E-state index >= 15 is 0 Å². The molecular weight excluding hydrogens is 454 g/mol. The zero-order valence-corrected chi connectivity index (χ0v) is 20.4. The number of fused-ring (bicyclic) bond motifs is 1. The standard InChI is InChI=1S/C22H26ClN3O3S2/c1-5-25(6-2)12-13-26(21(27)16-8-7-9-17(14-16)31(4,28)29)22-24-20-15(3)18(23)10-11-19(20)30-22/h7-11,14H,5-6,12-13H2,1-4H3. The number of hydrogen-bond donors (Lipinski definition) is 0. The maximum absolute atomic E-state index is 13.5. The number of amides is 1. The summed E-state index contributed by atoms with van der Waals surface area (Å²) < 4.78 is 24.9. The Labute approximate surface area is 192 Å². The zero-order valence-electron chi connectivity index (χ0n) is 18.1. The Balaban J connectivity index is 2.04. The molecule has 0 spiro atoms. The summed E-state index contributed by atoms with van der Waals surface area (Å²) >= 11 is 7.68. The molecule has 2 aromatic carbocycles. The molecule has 3 aromatic rings. The average Bonchev–Trinajstić information content (AvgIpc) is 3.18. The highest BCUT2D eigenvalue weighted by atomic mass is 35.5. The molecule has 0 aliphatic rings. The van der Waals surface area contributed by atoms with E-state index in [-0.39, 0.29) is 10.8 Å². The normalized spacial score (nSPS) is 11.9. The SMILES string of the molecule is CCN(CC)CCN(C(=O)c1cccc(S(C)(=O)=O)c1)c1nc2c(C)c(Cl)ccc2s1. The van der Waals surface area contributed by atoms with Crippen LogP contribution in [0.1, 0.15) is 29.8 Å². The van der Waals surface area contributed by atoms with E-state index in [1.54, 1.807) is 17.0 Å². The van der Waals surface area contributed by atoms with Crippen LogP contribution < -0.4 is 4.90 Å². The van der Waals surface area contributed by atoms with Crippen molar-refractivity contribution in [3.8, 4) is 0 Å². The summed E-state index contributed by atoms with van der Waals surface area (Å²) in [5.74, 6) is -0.277. The Bertz CT molecular complexity index is 1200. The first-order valence-electron chi connectivity index (χ1n) is 10.1. The molecule has 0 saturated heterocycles. The van der Waals surface area contributed by atoms with Gasteiger partial charge in [0.15, 0.2) is 15.0 Å². The second-order valence-electron chi connectivity index (χ2n) is 7.30. The van der Waals surface area contributed by atoms with Crippen molar-refractivity contribution < 1.29 is 13.2 Å². The van der Waals surface area contributed by atoms with Gasteiger partial charge in [0.05, 0.1) is 15.1 Å². The lowest BCUT2D eigenvalue weighted by atomic mass is 10.2. The monoisotopic (exact) mass is 479 g/mol. The molecule has 0 aliphatic heterocycles. The second kappa shape index (κ2) is 9.65. The molecule has 0 aliphatic carbocycles. The van der Waals surface area contributed by atoms with E-state index in [0.29, 0.717) is 28.8 Å². The van der Waals surface area contributed by atoms with Gasteiger partial charge in [0.1, 0.15) is 0 Å². The zero-order chi connectivity index (χ0) is 22.8. The first-order chi connectivity index (χ1) is 14.7. The largest absolute Gasteiger partial charge is 0.302 e. The van der Waals surface area contributed by atoms with Crippen LogP contribution in [0.15, 0.2) is 41.3 Å². The van der Waals surface area contributed by atoms with Crippen LogP contribution in [0.25, 0.3) is 10.2 Å². The molecule has 0 bridgehead atoms. The van der Waals surface area contributed by atoms with Gasteiger partial charge in [-0.1, -0.05) is 42.9 Å². The maximum atomic E-state index is 13.5. The van der Waals surface area contributed by atoms with Gasteiger partial charge in [-0.15, -0.1) is 0 Å². The molecule has 31 heavy (non-hydrogen) atoms. The van der Waals surface area contributed by atoms with Gasteiger partial charge in [-0.25, -0.2) is 13.4 Å². The lowest BCUT2D eigenvalue weighted by Crippen LogP contribution is -2.39. The van der Waals surface area contributed by atoms with E-state index in [2.05, 4.69) is 18.7 Å². The van der Waals surface area contributed by atoms with Crippen molar-refractivity contribution in [2.45, 2.75) is 25.7 Å². The van der Waals surface area contributed by atoms with Crippen molar-refractivity contribution in [1.29, 1.82) is 0 Å². The summed E-state index contributed by atoms with van der Waals surface area (Å²) in [7, 11) is -3.42. The lowest BCUT2D eigenvalue weighted by Gasteiger charge is -2.25. The van der Waals surface area contributed by atoms with E-state index in [1.807, 2.05) is 19.1 Å². The van der Waals surface area contributed by atoms with Crippen molar-refractivity contribution in [1.82, 2.24) is 9.88 Å². The number of aromatic nitrogens is 1. The van der Waals surface area contributed by atoms with Gasteiger partial charge in [-0.3, -0.25) is 9.69 Å². The molecule has 0 fully saturated rings. The molecule has 166 valence electrons. The summed E-state index contributed by atoms with van der Waals surface area (Å²) in [4.78, 5) is 22.2. The van der Waals surface area contributed by atoms with Gasteiger partial charge in [0, 0.05) is 29.9 Å². The van der Waals surface area contributed by atoms with Crippen molar-refractivity contribution >= 4 is 54.0 Å². The minimum atomic E-state index is -3.42. The molecule has 0 unspecified atom stereocenters. The van der Waals surface area contributed by atoms with Crippen LogP contribution >= 0.6 is 22.9 Å². The number of hydrogen-bond acceptors (Lipinski definition) is 6. The van der Waals surface area contributed by atoms with Crippen LogP contribution in [0.2, 0.25) is 5.02 Å². The molecule has 0 radical (unpaired) electrons. The van der Waals surface area contributed by atoms with Gasteiger partial charge in [-0.05, 0) is 55.9 Å². The molecule has 1 amide bonds. The van der Waals surface area contributed by atoms with Crippen LogP contribution in [0.3, 0.4) is 0 Å². The lowest BCUT2D eigenvalue weighted by molar-refractivity contribution is 0.0983. The third-order valence-corrected chi connectivity index (χ3v) is 7.82. The highest BCUT2D eigenvalue weighted by Crippen LogP contribution is 2.34. The van der Waals surface area contributed by atoms with Gasteiger partial charge < -0.3 is 4.90 Å². The fourth-order valence-electron chi connectivity index (χ4n) is 3.29. The maximum Gasteiger partial charge on any atom is 0.260 e. The van der Waals surface area contributed by atoms with E-state index in [4.69, 9.17) is 16.6 Å². The molecule has 3 rings (SSSR count). The van der Waals surface area contributed by atoms with E-state index in [1.165, 1.54) is 23.5 Å². The van der Waals surface area contributed by atoms with Gasteiger partial charge >= 0.3 is 0 Å². The number of nitrogens with zero attached hydrogens (tertiary/aromatic N) is 3. The van der Waals surface area contributed by atoms with E-state index in [9.17, 15) is 13.2 Å². The van der Waals surface area contributed by atoms with Gasteiger partial charge in [0.25, 0.3) is 5.91 Å². The number of thiazole rings is 1. The summed E-state index contributed by atoms with van der Waals surface area (Å²) in [5.41, 5.74) is 1.96. The van der Waals surface area contributed by atoms with Crippen molar-refractivity contribution in [2.24, 2.45) is 0 Å². The van der Waals surface area contributed by atoms with Crippen LogP contribution in [0.5, 0.6) is 0 Å². The highest BCUT2D eigenvalue weighted by molar-refractivity contribution is 7.90. The smallest absolute Gasteiger partial charge is 0.260 e. The number of carbonyl (C=O) groups excluding carboxylic acids is 1. The Kier molecular flexibility index (Phi) is 7.36. The Morgan fingerprint density at radius 2 is 1.84 bits per heavy atom. The van der Waals surface area contributed by atoms with E-state index < -0.39 is 9.84 Å². The number of anilines is 1.